The molecule has 0 bridgehead atoms. The Hall–Kier alpha value is -1.45. The molecule has 0 spiro atoms. The predicted molar refractivity (Wildman–Crippen MR) is 164 cm³/mol. The summed E-state index contributed by atoms with van der Waals surface area (Å²) in [6, 6.07) is 39.3. The number of fused-ring (bicyclic) bond motifs is 2. The summed E-state index contributed by atoms with van der Waals surface area (Å²) in [5.41, 5.74) is 0. The van der Waals surface area contributed by atoms with E-state index in [1.807, 2.05) is 30.3 Å². The molecule has 0 heterocycles. The third-order valence-electron chi connectivity index (χ3n) is 5.22. The first-order chi connectivity index (χ1) is 16.2. The number of unbranched alkanes of at least 4 members (excludes halogenated alkanes) is 5. The van der Waals surface area contributed by atoms with Gasteiger partial charge < -0.3 is 6.92 Å². The van der Waals surface area contributed by atoms with Gasteiger partial charge in [0.15, 0.2) is 0 Å². The molecule has 3 radical (unpaired) electrons. The molecule has 0 nitrogen and oxygen atoms in total. The standard InChI is InChI=1S/2C9H7.C8H17.C6H5Si.2ClH.Hf/c2*1-2-5-9-7-3-6-8(9)4-1;1-3-5-7-8-6-4-2;7-6-4-2-1-3-5-6;;;/h2*1-7H;1,3-8H2,2H3;1-5H;2*1H;/q3*-1;;;;. The summed E-state index contributed by atoms with van der Waals surface area (Å²) in [6.45, 7) is 6.02. The van der Waals surface area contributed by atoms with Gasteiger partial charge in [0.25, 0.3) is 0 Å². The number of hydrogen-bond acceptors (Lipinski definition) is 0. The van der Waals surface area contributed by atoms with Gasteiger partial charge in [-0.05, 0) is 0 Å². The molecule has 0 unspecified atom stereocenters. The maximum absolute atomic E-state index is 3.78. The van der Waals surface area contributed by atoms with Crippen LogP contribution in [0.1, 0.15) is 45.4 Å². The van der Waals surface area contributed by atoms with Crippen LogP contribution in [-0.4, -0.2) is 10.2 Å². The van der Waals surface area contributed by atoms with Crippen LogP contribution >= 0.6 is 24.8 Å². The monoisotopic (exact) mass is 700 g/mol. The first-order valence-corrected chi connectivity index (χ1v) is 12.5. The van der Waals surface area contributed by atoms with Crippen molar-refractivity contribution < 1.29 is 25.8 Å². The largest absolute Gasteiger partial charge is 0.343 e. The molecular formula is C32H38Cl2HfSi-3. The van der Waals surface area contributed by atoms with E-state index in [2.05, 4.69) is 109 Å². The summed E-state index contributed by atoms with van der Waals surface area (Å²) in [7, 11) is 3.36. The van der Waals surface area contributed by atoms with Crippen LogP contribution in [-0.2, 0) is 25.8 Å². The summed E-state index contributed by atoms with van der Waals surface area (Å²) in [5.74, 6) is 0. The van der Waals surface area contributed by atoms with Gasteiger partial charge in [-0.25, -0.2) is 0 Å². The van der Waals surface area contributed by atoms with E-state index >= 15 is 0 Å². The molecule has 0 aromatic heterocycles. The zero-order valence-electron chi connectivity index (χ0n) is 21.2. The molecule has 0 aliphatic rings. The fourth-order valence-electron chi connectivity index (χ4n) is 3.36. The molecule has 5 aromatic carbocycles. The quantitative estimate of drug-likeness (QED) is 0.0974. The van der Waals surface area contributed by atoms with Gasteiger partial charge in [0.2, 0.25) is 0 Å². The molecule has 5 aromatic rings. The molecule has 4 heteroatoms. The average molecular weight is 700 g/mol. The molecule has 5 rings (SSSR count). The van der Waals surface area contributed by atoms with Crippen molar-refractivity contribution in [1.82, 2.24) is 0 Å². The Morgan fingerprint density at radius 1 is 0.611 bits per heavy atom. The zero-order valence-corrected chi connectivity index (χ0v) is 27.5. The molecule has 36 heavy (non-hydrogen) atoms. The van der Waals surface area contributed by atoms with Crippen molar-refractivity contribution in [3.63, 3.8) is 0 Å². The second-order valence-corrected chi connectivity index (χ2v) is 8.52. The topological polar surface area (TPSA) is 0 Å². The normalized spacial score (nSPS) is 8.97. The van der Waals surface area contributed by atoms with Gasteiger partial charge >= 0.3 is 0 Å². The number of benzene rings is 3. The third-order valence-corrected chi connectivity index (χ3v) is 5.56. The van der Waals surface area contributed by atoms with Crippen LogP contribution < -0.4 is 5.19 Å². The van der Waals surface area contributed by atoms with Crippen LogP contribution in [0.3, 0.4) is 0 Å². The van der Waals surface area contributed by atoms with Crippen LogP contribution in [0, 0.1) is 6.92 Å². The minimum atomic E-state index is 0. The van der Waals surface area contributed by atoms with E-state index in [0.29, 0.717) is 0 Å². The average Bonchev–Trinajstić information content (AvgIpc) is 3.53. The van der Waals surface area contributed by atoms with Crippen molar-refractivity contribution >= 4 is 61.8 Å². The molecule has 0 N–H and O–H groups in total. The third kappa shape index (κ3) is 15.6. The second kappa shape index (κ2) is 23.9. The fraction of sp³-hybridized carbons (Fsp3) is 0.219. The Morgan fingerprint density at radius 3 is 1.44 bits per heavy atom. The molecule has 0 saturated heterocycles. The SMILES string of the molecule is Cl.Cl.[CH2-]CCCCCCC.[Hf].[Si]c1ccccc1.c1ccc2[cH-]ccc2c1.c1ccc2[cH-]ccc2c1. The number of hydrogen-bond donors (Lipinski definition) is 0. The molecule has 191 valence electrons. The summed E-state index contributed by atoms with van der Waals surface area (Å²) in [5, 5.41) is 6.45. The van der Waals surface area contributed by atoms with Crippen molar-refractivity contribution in [3.8, 4) is 0 Å². The first-order valence-electron chi connectivity index (χ1n) is 12.0. The first kappa shape index (κ1) is 36.7. The smallest absolute Gasteiger partial charge is 0.0711 e. The molecule has 0 atom stereocenters. The van der Waals surface area contributed by atoms with E-state index in [1.165, 1.54) is 53.6 Å². The maximum Gasteiger partial charge on any atom is 0.0711 e. The maximum atomic E-state index is 3.78. The van der Waals surface area contributed by atoms with Crippen molar-refractivity contribution in [1.29, 1.82) is 0 Å². The summed E-state index contributed by atoms with van der Waals surface area (Å²) in [6.07, 6.45) is 7.98. The van der Waals surface area contributed by atoms with Crippen LogP contribution in [0.5, 0.6) is 0 Å². The van der Waals surface area contributed by atoms with Crippen LogP contribution in [0.15, 0.2) is 115 Å². The van der Waals surface area contributed by atoms with Gasteiger partial charge in [-0.15, -0.1) is 84.1 Å². The van der Waals surface area contributed by atoms with Gasteiger partial charge in [0, 0.05) is 25.8 Å². The summed E-state index contributed by atoms with van der Waals surface area (Å²) >= 11 is 0. The van der Waals surface area contributed by atoms with Gasteiger partial charge in [0.05, 0.1) is 10.2 Å². The van der Waals surface area contributed by atoms with E-state index in [9.17, 15) is 0 Å². The Bertz CT molecular complexity index is 986. The van der Waals surface area contributed by atoms with Gasteiger partial charge in [0.1, 0.15) is 0 Å². The van der Waals surface area contributed by atoms with E-state index in [4.69, 9.17) is 0 Å². The molecule has 0 amide bonds. The van der Waals surface area contributed by atoms with Crippen molar-refractivity contribution in [2.24, 2.45) is 0 Å². The van der Waals surface area contributed by atoms with Crippen LogP contribution in [0.2, 0.25) is 0 Å². The van der Waals surface area contributed by atoms with Gasteiger partial charge in [-0.1, -0.05) is 86.7 Å². The van der Waals surface area contributed by atoms with Crippen molar-refractivity contribution in [2.45, 2.75) is 45.4 Å². The minimum Gasteiger partial charge on any atom is -0.343 e. The second-order valence-electron chi connectivity index (χ2n) is 7.94. The van der Waals surface area contributed by atoms with E-state index in [-0.39, 0.29) is 50.7 Å². The predicted octanol–water partition coefficient (Wildman–Crippen LogP) is 9.62. The molecule has 0 saturated carbocycles. The molecule has 0 fully saturated rings. The minimum absolute atomic E-state index is 0. The van der Waals surface area contributed by atoms with E-state index < -0.39 is 0 Å². The molecule has 0 aliphatic carbocycles. The Kier molecular flexibility index (Phi) is 24.4. The van der Waals surface area contributed by atoms with Gasteiger partial charge in [-0.2, -0.15) is 41.5 Å². The van der Waals surface area contributed by atoms with E-state index in [0.717, 1.165) is 11.6 Å². The Morgan fingerprint density at radius 2 is 1.06 bits per heavy atom. The zero-order chi connectivity index (χ0) is 23.6. The summed E-state index contributed by atoms with van der Waals surface area (Å²) in [4.78, 5) is 0. The molecule has 0 aliphatic heterocycles. The summed E-state index contributed by atoms with van der Waals surface area (Å²) < 4.78 is 0. The fourth-order valence-corrected chi connectivity index (χ4v) is 3.55. The van der Waals surface area contributed by atoms with Crippen molar-refractivity contribution in [2.75, 3.05) is 0 Å². The van der Waals surface area contributed by atoms with Crippen LogP contribution in [0.4, 0.5) is 0 Å². The Labute approximate surface area is 253 Å². The van der Waals surface area contributed by atoms with Crippen molar-refractivity contribution in [3.05, 3.63) is 122 Å². The van der Waals surface area contributed by atoms with Crippen LogP contribution in [0.25, 0.3) is 21.5 Å². The number of rotatable bonds is 5. The Balaban J connectivity index is 0. The number of halogens is 2. The van der Waals surface area contributed by atoms with E-state index in [1.54, 1.807) is 0 Å². The molecular weight excluding hydrogens is 662 g/mol. The van der Waals surface area contributed by atoms with Gasteiger partial charge in [-0.3, -0.25) is 0 Å².